The maximum atomic E-state index is 12.8. The summed E-state index contributed by atoms with van der Waals surface area (Å²) in [5.74, 6) is -0.769. The Morgan fingerprint density at radius 2 is 1.60 bits per heavy atom. The molecule has 2 aromatic carbocycles. The normalized spacial score (nSPS) is 12.0. The van der Waals surface area contributed by atoms with Gasteiger partial charge in [0.05, 0.1) is 25.3 Å². The number of hydrogen-bond acceptors (Lipinski definition) is 7. The van der Waals surface area contributed by atoms with Crippen LogP contribution in [-0.2, 0) is 16.1 Å². The molecule has 0 amide bonds. The Hall–Kier alpha value is -3.61. The van der Waals surface area contributed by atoms with Crippen molar-refractivity contribution in [1.82, 2.24) is 0 Å². The van der Waals surface area contributed by atoms with E-state index in [4.69, 9.17) is 18.6 Å². The first-order valence-corrected chi connectivity index (χ1v) is 9.32. The third kappa shape index (κ3) is 2.77. The molecule has 0 unspecified atom stereocenters. The van der Waals surface area contributed by atoms with Crippen molar-refractivity contribution < 1.29 is 28.2 Å². The van der Waals surface area contributed by atoms with Crippen molar-refractivity contribution in [2.75, 3.05) is 14.2 Å². The number of hydrogen-bond donors (Lipinski definition) is 0. The second kappa shape index (κ2) is 7.02. The number of methoxy groups -OCH3 is 2. The predicted octanol–water partition coefficient (Wildman–Crippen LogP) is 3.85. The highest BCUT2D eigenvalue weighted by atomic mass is 16.5. The van der Waals surface area contributed by atoms with Gasteiger partial charge in [0.1, 0.15) is 17.9 Å². The van der Waals surface area contributed by atoms with Crippen LogP contribution in [0.1, 0.15) is 43.0 Å². The Kier molecular flexibility index (Phi) is 4.61. The fraction of sp³-hybridized carbons (Fsp3) is 0.261. The predicted molar refractivity (Wildman–Crippen MR) is 109 cm³/mol. The standard InChI is InChI=1S/C23H20O7/c1-10-7-16(24)30-21-12(3)20-15(8-14(10)21)18-13(9-29-20)6-11(2)17(22(25)27-4)19(18)23(26)28-5/h6-8H,9H2,1-5H3. The van der Waals surface area contributed by atoms with Gasteiger partial charge in [-0.05, 0) is 43.5 Å². The summed E-state index contributed by atoms with van der Waals surface area (Å²) < 4.78 is 21.4. The molecule has 0 N–H and O–H groups in total. The summed E-state index contributed by atoms with van der Waals surface area (Å²) in [7, 11) is 2.53. The number of benzene rings is 2. The molecule has 0 saturated carbocycles. The number of carbonyl (C=O) groups excluding carboxylic acids is 2. The van der Waals surface area contributed by atoms with Gasteiger partial charge in [-0.1, -0.05) is 6.07 Å². The summed E-state index contributed by atoms with van der Waals surface area (Å²) in [4.78, 5) is 37.2. The van der Waals surface area contributed by atoms with E-state index in [9.17, 15) is 14.4 Å². The molecule has 7 heteroatoms. The van der Waals surface area contributed by atoms with Crippen LogP contribution in [-0.4, -0.2) is 26.2 Å². The van der Waals surface area contributed by atoms with Crippen LogP contribution in [0.5, 0.6) is 5.75 Å². The highest BCUT2D eigenvalue weighted by molar-refractivity contribution is 6.11. The maximum absolute atomic E-state index is 12.8. The minimum Gasteiger partial charge on any atom is -0.488 e. The zero-order chi connectivity index (χ0) is 21.7. The molecule has 1 aromatic heterocycles. The molecular weight excluding hydrogens is 388 g/mol. The van der Waals surface area contributed by atoms with E-state index >= 15 is 0 Å². The molecule has 4 rings (SSSR count). The molecular formula is C23H20O7. The monoisotopic (exact) mass is 408 g/mol. The lowest BCUT2D eigenvalue weighted by atomic mass is 9.85. The molecule has 0 saturated heterocycles. The van der Waals surface area contributed by atoms with E-state index < -0.39 is 17.6 Å². The van der Waals surface area contributed by atoms with Gasteiger partial charge in [0, 0.05) is 28.1 Å². The van der Waals surface area contributed by atoms with Gasteiger partial charge in [-0.3, -0.25) is 0 Å². The van der Waals surface area contributed by atoms with Crippen LogP contribution in [0, 0.1) is 20.8 Å². The van der Waals surface area contributed by atoms with Crippen molar-refractivity contribution in [3.63, 3.8) is 0 Å². The SMILES string of the molecule is COC(=O)c1c(C)cc2c(c1C(=O)OC)-c1cc3c(C)cc(=O)oc3c(C)c1OC2. The summed E-state index contributed by atoms with van der Waals surface area (Å²) >= 11 is 0. The zero-order valence-electron chi connectivity index (χ0n) is 17.3. The van der Waals surface area contributed by atoms with Gasteiger partial charge in [0.2, 0.25) is 0 Å². The molecule has 1 aliphatic rings. The van der Waals surface area contributed by atoms with Crippen LogP contribution >= 0.6 is 0 Å². The van der Waals surface area contributed by atoms with E-state index in [1.807, 2.05) is 19.1 Å². The van der Waals surface area contributed by atoms with E-state index in [2.05, 4.69) is 0 Å². The van der Waals surface area contributed by atoms with Crippen LogP contribution < -0.4 is 10.4 Å². The van der Waals surface area contributed by atoms with Crippen LogP contribution in [0.15, 0.2) is 27.4 Å². The lowest BCUT2D eigenvalue weighted by molar-refractivity contribution is 0.0555. The average molecular weight is 408 g/mol. The number of fused-ring (bicyclic) bond motifs is 4. The topological polar surface area (TPSA) is 92.0 Å². The van der Waals surface area contributed by atoms with Gasteiger partial charge in [-0.2, -0.15) is 0 Å². The molecule has 0 radical (unpaired) electrons. The van der Waals surface area contributed by atoms with Gasteiger partial charge < -0.3 is 18.6 Å². The quantitative estimate of drug-likeness (QED) is 0.470. The van der Waals surface area contributed by atoms with Crippen molar-refractivity contribution in [2.45, 2.75) is 27.4 Å². The Bertz CT molecular complexity index is 1300. The van der Waals surface area contributed by atoms with Crippen molar-refractivity contribution in [3.05, 3.63) is 62.0 Å². The van der Waals surface area contributed by atoms with E-state index in [0.29, 0.717) is 33.6 Å². The summed E-state index contributed by atoms with van der Waals surface area (Å²) in [6.45, 7) is 5.53. The maximum Gasteiger partial charge on any atom is 0.339 e. The van der Waals surface area contributed by atoms with Crippen LogP contribution in [0.3, 0.4) is 0 Å². The van der Waals surface area contributed by atoms with Crippen molar-refractivity contribution in [3.8, 4) is 16.9 Å². The summed E-state index contributed by atoms with van der Waals surface area (Å²) in [6.07, 6.45) is 0. The molecule has 30 heavy (non-hydrogen) atoms. The molecule has 0 aliphatic carbocycles. The number of rotatable bonds is 2. The number of carbonyl (C=O) groups is 2. The third-order valence-corrected chi connectivity index (χ3v) is 5.45. The molecule has 0 atom stereocenters. The smallest absolute Gasteiger partial charge is 0.339 e. The lowest BCUT2D eigenvalue weighted by Gasteiger charge is -2.27. The molecule has 154 valence electrons. The molecule has 2 heterocycles. The van der Waals surface area contributed by atoms with Crippen LogP contribution in [0.2, 0.25) is 0 Å². The first kappa shape index (κ1) is 19.7. The van der Waals surface area contributed by atoms with Gasteiger partial charge in [-0.15, -0.1) is 0 Å². The van der Waals surface area contributed by atoms with Crippen molar-refractivity contribution >= 4 is 22.9 Å². The average Bonchev–Trinajstić information content (AvgIpc) is 2.72. The molecule has 1 aliphatic heterocycles. The molecule has 0 fully saturated rings. The second-order valence-electron chi connectivity index (χ2n) is 7.25. The van der Waals surface area contributed by atoms with Gasteiger partial charge in [0.15, 0.2) is 0 Å². The first-order valence-electron chi connectivity index (χ1n) is 9.32. The fourth-order valence-corrected chi connectivity index (χ4v) is 4.09. The zero-order valence-corrected chi connectivity index (χ0v) is 17.3. The second-order valence-corrected chi connectivity index (χ2v) is 7.25. The van der Waals surface area contributed by atoms with E-state index in [-0.39, 0.29) is 17.7 Å². The van der Waals surface area contributed by atoms with Crippen molar-refractivity contribution in [2.24, 2.45) is 0 Å². The number of aryl methyl sites for hydroxylation is 3. The third-order valence-electron chi connectivity index (χ3n) is 5.45. The fourth-order valence-electron chi connectivity index (χ4n) is 4.09. The highest BCUT2D eigenvalue weighted by Gasteiger charge is 2.32. The molecule has 0 bridgehead atoms. The largest absolute Gasteiger partial charge is 0.488 e. The molecule has 7 nitrogen and oxygen atoms in total. The number of ether oxygens (including phenoxy) is 3. The van der Waals surface area contributed by atoms with E-state index in [1.54, 1.807) is 13.8 Å². The minimum absolute atomic E-state index is 0.137. The highest BCUT2D eigenvalue weighted by Crippen LogP contribution is 2.46. The van der Waals surface area contributed by atoms with Gasteiger partial charge >= 0.3 is 17.6 Å². The summed E-state index contributed by atoms with van der Waals surface area (Å²) in [5, 5.41) is 0.721. The minimum atomic E-state index is -0.641. The lowest BCUT2D eigenvalue weighted by Crippen LogP contribution is -2.19. The Morgan fingerprint density at radius 1 is 0.933 bits per heavy atom. The van der Waals surface area contributed by atoms with E-state index in [1.165, 1.54) is 20.3 Å². The summed E-state index contributed by atoms with van der Waals surface area (Å²) in [6, 6.07) is 5.04. The number of esters is 2. The summed E-state index contributed by atoms with van der Waals surface area (Å²) in [5.41, 5.74) is 4.19. The molecule has 0 spiro atoms. The Balaban J connectivity index is 2.18. The van der Waals surface area contributed by atoms with Crippen molar-refractivity contribution in [1.29, 1.82) is 0 Å². The van der Waals surface area contributed by atoms with Crippen LogP contribution in [0.4, 0.5) is 0 Å². The first-order chi connectivity index (χ1) is 14.3. The Labute approximate surface area is 172 Å². The van der Waals surface area contributed by atoms with Crippen LogP contribution in [0.25, 0.3) is 22.1 Å². The van der Waals surface area contributed by atoms with Gasteiger partial charge in [-0.25, -0.2) is 14.4 Å². The van der Waals surface area contributed by atoms with Gasteiger partial charge in [0.25, 0.3) is 0 Å². The van der Waals surface area contributed by atoms with E-state index in [0.717, 1.165) is 16.5 Å². The Morgan fingerprint density at radius 3 is 2.27 bits per heavy atom. The molecule has 3 aromatic rings.